The molecule has 2 aromatic rings. The fourth-order valence-electron chi connectivity index (χ4n) is 3.31. The molecule has 22 heavy (non-hydrogen) atoms. The molecule has 1 saturated heterocycles. The molecule has 1 fully saturated rings. The zero-order valence-corrected chi connectivity index (χ0v) is 14.3. The number of likely N-dealkylation sites (N-methyl/N-ethyl adjacent to an activating group) is 1. The Morgan fingerprint density at radius 3 is 2.82 bits per heavy atom. The van der Waals surface area contributed by atoms with Crippen molar-refractivity contribution in [2.45, 2.75) is 31.8 Å². The highest BCUT2D eigenvalue weighted by molar-refractivity contribution is 7.07. The van der Waals surface area contributed by atoms with Gasteiger partial charge >= 0.3 is 0 Å². The molecule has 3 heteroatoms. The number of rotatable bonds is 6. The second-order valence-corrected chi connectivity index (χ2v) is 7.16. The van der Waals surface area contributed by atoms with Crippen LogP contribution in [0.3, 0.4) is 0 Å². The van der Waals surface area contributed by atoms with E-state index in [0.717, 1.165) is 19.5 Å². The standard InChI is InChI=1S/C19H26N2S/c1-20(12-9-17-6-3-2-4-7-17)19-8-5-11-21(15-19)14-18-10-13-22-16-18/h2-4,6-7,10,13,16,19H,5,8-9,11-12,14-15H2,1H3. The molecule has 118 valence electrons. The van der Waals surface area contributed by atoms with Crippen LogP contribution in [-0.4, -0.2) is 42.5 Å². The molecule has 1 atom stereocenters. The molecule has 2 nitrogen and oxygen atoms in total. The van der Waals surface area contributed by atoms with Crippen molar-refractivity contribution >= 4 is 11.3 Å². The summed E-state index contributed by atoms with van der Waals surface area (Å²) >= 11 is 1.80. The van der Waals surface area contributed by atoms with Crippen LogP contribution >= 0.6 is 11.3 Å². The molecule has 1 aliphatic heterocycles. The third-order valence-electron chi connectivity index (χ3n) is 4.69. The molecule has 0 aliphatic carbocycles. The van der Waals surface area contributed by atoms with E-state index in [1.54, 1.807) is 11.3 Å². The van der Waals surface area contributed by atoms with Crippen molar-refractivity contribution in [3.8, 4) is 0 Å². The van der Waals surface area contributed by atoms with E-state index in [0.29, 0.717) is 6.04 Å². The number of hydrogen-bond acceptors (Lipinski definition) is 3. The molecule has 0 N–H and O–H groups in total. The molecular weight excluding hydrogens is 288 g/mol. The van der Waals surface area contributed by atoms with E-state index in [1.807, 2.05) is 0 Å². The highest BCUT2D eigenvalue weighted by atomic mass is 32.1. The van der Waals surface area contributed by atoms with Gasteiger partial charge in [0.25, 0.3) is 0 Å². The second-order valence-electron chi connectivity index (χ2n) is 6.38. The minimum absolute atomic E-state index is 0.705. The van der Waals surface area contributed by atoms with Crippen LogP contribution in [-0.2, 0) is 13.0 Å². The maximum Gasteiger partial charge on any atom is 0.0242 e. The number of piperidine rings is 1. The minimum atomic E-state index is 0.705. The van der Waals surface area contributed by atoms with E-state index in [2.05, 4.69) is 64.0 Å². The van der Waals surface area contributed by atoms with Crippen molar-refractivity contribution in [3.63, 3.8) is 0 Å². The lowest BCUT2D eigenvalue weighted by Gasteiger charge is -2.37. The van der Waals surface area contributed by atoms with Gasteiger partial charge in [-0.3, -0.25) is 4.90 Å². The highest BCUT2D eigenvalue weighted by Crippen LogP contribution is 2.18. The SMILES string of the molecule is CN(CCc1ccccc1)C1CCCN(Cc2ccsc2)C1. The summed E-state index contributed by atoms with van der Waals surface area (Å²) in [5.74, 6) is 0. The van der Waals surface area contributed by atoms with E-state index < -0.39 is 0 Å². The van der Waals surface area contributed by atoms with Crippen molar-refractivity contribution in [2.75, 3.05) is 26.7 Å². The van der Waals surface area contributed by atoms with Crippen molar-refractivity contribution in [2.24, 2.45) is 0 Å². The van der Waals surface area contributed by atoms with Gasteiger partial charge in [-0.2, -0.15) is 11.3 Å². The lowest BCUT2D eigenvalue weighted by atomic mass is 10.0. The van der Waals surface area contributed by atoms with Gasteiger partial charge in [0.1, 0.15) is 0 Å². The number of hydrogen-bond donors (Lipinski definition) is 0. The van der Waals surface area contributed by atoms with E-state index >= 15 is 0 Å². The van der Waals surface area contributed by atoms with Gasteiger partial charge in [-0.1, -0.05) is 30.3 Å². The van der Waals surface area contributed by atoms with Crippen LogP contribution in [0.1, 0.15) is 24.0 Å². The first-order chi connectivity index (χ1) is 10.8. The smallest absolute Gasteiger partial charge is 0.0242 e. The molecule has 1 aromatic carbocycles. The largest absolute Gasteiger partial charge is 0.302 e. The van der Waals surface area contributed by atoms with Crippen LogP contribution < -0.4 is 0 Å². The number of benzene rings is 1. The Hall–Kier alpha value is -1.16. The first-order valence-electron chi connectivity index (χ1n) is 8.29. The van der Waals surface area contributed by atoms with Crippen LogP contribution in [0, 0.1) is 0 Å². The Bertz CT molecular complexity index is 538. The molecule has 0 saturated carbocycles. The van der Waals surface area contributed by atoms with E-state index in [4.69, 9.17) is 0 Å². The maximum atomic E-state index is 2.62. The number of thiophene rings is 1. The highest BCUT2D eigenvalue weighted by Gasteiger charge is 2.23. The van der Waals surface area contributed by atoms with Gasteiger partial charge in [-0.15, -0.1) is 0 Å². The summed E-state index contributed by atoms with van der Waals surface area (Å²) in [6.45, 7) is 4.73. The van der Waals surface area contributed by atoms with Crippen molar-refractivity contribution in [1.29, 1.82) is 0 Å². The normalized spacial score (nSPS) is 19.6. The summed E-state index contributed by atoms with van der Waals surface area (Å²) in [5, 5.41) is 4.46. The van der Waals surface area contributed by atoms with E-state index in [1.165, 1.54) is 37.1 Å². The zero-order chi connectivity index (χ0) is 15.2. The predicted octanol–water partition coefficient (Wildman–Crippen LogP) is 3.89. The minimum Gasteiger partial charge on any atom is -0.302 e. The molecule has 2 heterocycles. The molecule has 0 radical (unpaired) electrons. The lowest BCUT2D eigenvalue weighted by molar-refractivity contribution is 0.112. The molecule has 1 aromatic heterocycles. The number of likely N-dealkylation sites (tertiary alicyclic amines) is 1. The van der Waals surface area contributed by atoms with Gasteiger partial charge in [0, 0.05) is 25.7 Å². The maximum absolute atomic E-state index is 2.62. The monoisotopic (exact) mass is 314 g/mol. The quantitative estimate of drug-likeness (QED) is 0.798. The van der Waals surface area contributed by atoms with Crippen LogP contribution in [0.15, 0.2) is 47.2 Å². The summed E-state index contributed by atoms with van der Waals surface area (Å²) in [6, 6.07) is 13.8. The second kappa shape index (κ2) is 7.91. The summed E-state index contributed by atoms with van der Waals surface area (Å²) in [4.78, 5) is 5.18. The molecular formula is C19H26N2S. The van der Waals surface area contributed by atoms with Gasteiger partial charge in [-0.25, -0.2) is 0 Å². The Morgan fingerprint density at radius 1 is 1.18 bits per heavy atom. The van der Waals surface area contributed by atoms with Crippen LogP contribution in [0.2, 0.25) is 0 Å². The van der Waals surface area contributed by atoms with Crippen LogP contribution in [0.5, 0.6) is 0 Å². The Morgan fingerprint density at radius 2 is 2.05 bits per heavy atom. The van der Waals surface area contributed by atoms with Crippen molar-refractivity contribution in [3.05, 3.63) is 58.3 Å². The first-order valence-corrected chi connectivity index (χ1v) is 9.23. The van der Waals surface area contributed by atoms with Gasteiger partial charge in [-0.05, 0) is 60.8 Å². The van der Waals surface area contributed by atoms with E-state index in [-0.39, 0.29) is 0 Å². The molecule has 1 aliphatic rings. The molecule has 0 amide bonds. The summed E-state index contributed by atoms with van der Waals surface area (Å²) in [5.41, 5.74) is 2.91. The summed E-state index contributed by atoms with van der Waals surface area (Å²) in [6.07, 6.45) is 3.81. The van der Waals surface area contributed by atoms with Crippen LogP contribution in [0.25, 0.3) is 0 Å². The van der Waals surface area contributed by atoms with Gasteiger partial charge in [0.15, 0.2) is 0 Å². The summed E-state index contributed by atoms with van der Waals surface area (Å²) in [7, 11) is 2.29. The molecule has 0 bridgehead atoms. The van der Waals surface area contributed by atoms with Crippen LogP contribution in [0.4, 0.5) is 0 Å². The van der Waals surface area contributed by atoms with Gasteiger partial charge < -0.3 is 4.90 Å². The average molecular weight is 314 g/mol. The van der Waals surface area contributed by atoms with E-state index in [9.17, 15) is 0 Å². The lowest BCUT2D eigenvalue weighted by Crippen LogP contribution is -2.46. The Labute approximate surface area is 138 Å². The van der Waals surface area contributed by atoms with Gasteiger partial charge in [0.05, 0.1) is 0 Å². The average Bonchev–Trinajstić information content (AvgIpc) is 3.07. The summed E-state index contributed by atoms with van der Waals surface area (Å²) < 4.78 is 0. The van der Waals surface area contributed by atoms with Crippen molar-refractivity contribution < 1.29 is 0 Å². The predicted molar refractivity (Wildman–Crippen MR) is 95.4 cm³/mol. The number of nitrogens with zero attached hydrogens (tertiary/aromatic N) is 2. The third kappa shape index (κ3) is 4.42. The molecule has 0 spiro atoms. The Balaban J connectivity index is 1.48. The molecule has 3 rings (SSSR count). The fourth-order valence-corrected chi connectivity index (χ4v) is 3.97. The fraction of sp³-hybridized carbons (Fsp3) is 0.474. The molecule has 1 unspecified atom stereocenters. The topological polar surface area (TPSA) is 6.48 Å². The Kier molecular flexibility index (Phi) is 5.65. The first kappa shape index (κ1) is 15.7. The third-order valence-corrected chi connectivity index (χ3v) is 5.42. The zero-order valence-electron chi connectivity index (χ0n) is 13.4. The van der Waals surface area contributed by atoms with Crippen molar-refractivity contribution in [1.82, 2.24) is 9.80 Å². The van der Waals surface area contributed by atoms with Gasteiger partial charge in [0.2, 0.25) is 0 Å².